The highest BCUT2D eigenvalue weighted by Gasteiger charge is 2.29. The molecule has 0 bridgehead atoms. The van der Waals surface area contributed by atoms with Crippen molar-refractivity contribution in [2.24, 2.45) is 5.92 Å². The van der Waals surface area contributed by atoms with Crippen LogP contribution >= 0.6 is 11.3 Å². The van der Waals surface area contributed by atoms with Crippen molar-refractivity contribution in [1.82, 2.24) is 25.9 Å². The van der Waals surface area contributed by atoms with Gasteiger partial charge in [0.2, 0.25) is 0 Å². The summed E-state index contributed by atoms with van der Waals surface area (Å²) in [5.41, 5.74) is 7.61. The summed E-state index contributed by atoms with van der Waals surface area (Å²) in [6, 6.07) is 6.92. The minimum atomic E-state index is -0.199. The predicted octanol–water partition coefficient (Wildman–Crippen LogP) is 1.88. The molecule has 1 aliphatic rings. The third-order valence-electron chi connectivity index (χ3n) is 3.84. The molecule has 2 N–H and O–H groups in total. The average Bonchev–Trinajstić information content (AvgIpc) is 3.09. The van der Waals surface area contributed by atoms with Crippen molar-refractivity contribution < 1.29 is 4.39 Å². The first kappa shape index (κ1) is 15.5. The number of nitrogens with one attached hydrogen (secondary N) is 2. The topological polar surface area (TPSA) is 53.1 Å². The molecule has 5 nitrogen and oxygen atoms in total. The second-order valence-corrected chi connectivity index (χ2v) is 6.99. The minimum absolute atomic E-state index is 0.194. The molecule has 1 aliphatic heterocycles. The molecule has 1 aromatic carbocycles. The number of hydrogen-bond donors (Lipinski definition) is 2. The van der Waals surface area contributed by atoms with E-state index >= 15 is 0 Å². The molecule has 0 aliphatic carbocycles. The van der Waals surface area contributed by atoms with Gasteiger partial charge in [-0.15, -0.1) is 21.5 Å². The lowest BCUT2D eigenvalue weighted by molar-refractivity contribution is 0.261. The molecular formula is C15H20FN5S. The summed E-state index contributed by atoms with van der Waals surface area (Å²) >= 11 is 1.64. The molecule has 7 heteroatoms. The Morgan fingerprint density at radius 2 is 2.09 bits per heavy atom. The summed E-state index contributed by atoms with van der Waals surface area (Å²) < 4.78 is 13.1. The summed E-state index contributed by atoms with van der Waals surface area (Å²) in [6.45, 7) is 4.59. The summed E-state index contributed by atoms with van der Waals surface area (Å²) in [5.74, 6) is 0.222. The summed E-state index contributed by atoms with van der Waals surface area (Å²) in [6.07, 6.45) is 0. The lowest BCUT2D eigenvalue weighted by atomic mass is 9.94. The number of nitrogens with zero attached hydrogens (tertiary/aromatic N) is 3. The van der Waals surface area contributed by atoms with Gasteiger partial charge in [-0.2, -0.15) is 0 Å². The maximum Gasteiger partial charge on any atom is 0.131 e. The number of rotatable bonds is 5. The highest BCUT2D eigenvalue weighted by atomic mass is 32.1. The third kappa shape index (κ3) is 3.67. The highest BCUT2D eigenvalue weighted by Crippen LogP contribution is 2.26. The number of halogens is 1. The SMILES string of the molecule is Cc1nnc(CN(C)CC2CNNC2c2ccc(F)cc2)s1. The summed E-state index contributed by atoms with van der Waals surface area (Å²) in [4.78, 5) is 2.26. The van der Waals surface area contributed by atoms with E-state index in [0.29, 0.717) is 5.92 Å². The fraction of sp³-hybridized carbons (Fsp3) is 0.467. The first-order chi connectivity index (χ1) is 10.6. The normalized spacial score (nSPS) is 21.6. The number of benzene rings is 1. The predicted molar refractivity (Wildman–Crippen MR) is 84.7 cm³/mol. The molecule has 22 heavy (non-hydrogen) atoms. The maximum absolute atomic E-state index is 13.1. The molecule has 118 valence electrons. The van der Waals surface area contributed by atoms with Crippen LogP contribution in [0.15, 0.2) is 24.3 Å². The lowest BCUT2D eigenvalue weighted by Crippen LogP contribution is -2.30. The molecule has 2 aromatic rings. The standard InChI is InChI=1S/C15H20FN5S/c1-10-18-19-14(22-10)9-21(2)8-12-7-17-20-15(12)11-3-5-13(16)6-4-11/h3-6,12,15,17,20H,7-9H2,1-2H3. The van der Waals surface area contributed by atoms with Gasteiger partial charge in [-0.25, -0.2) is 9.82 Å². The number of hydrazine groups is 1. The molecule has 1 saturated heterocycles. The van der Waals surface area contributed by atoms with Crippen LogP contribution in [0.1, 0.15) is 21.6 Å². The number of aromatic nitrogens is 2. The van der Waals surface area contributed by atoms with Crippen molar-refractivity contribution in [3.8, 4) is 0 Å². The van der Waals surface area contributed by atoms with Gasteiger partial charge in [0.1, 0.15) is 15.8 Å². The van der Waals surface area contributed by atoms with Crippen LogP contribution in [-0.2, 0) is 6.54 Å². The van der Waals surface area contributed by atoms with E-state index < -0.39 is 0 Å². The van der Waals surface area contributed by atoms with Crippen LogP contribution < -0.4 is 10.9 Å². The number of aryl methyl sites for hydroxylation is 1. The Morgan fingerprint density at radius 1 is 1.32 bits per heavy atom. The second kappa shape index (κ2) is 6.78. The van der Waals surface area contributed by atoms with Crippen molar-refractivity contribution in [1.29, 1.82) is 0 Å². The van der Waals surface area contributed by atoms with Gasteiger partial charge in [-0.05, 0) is 31.7 Å². The van der Waals surface area contributed by atoms with Gasteiger partial charge in [-0.3, -0.25) is 10.3 Å². The van der Waals surface area contributed by atoms with E-state index in [1.807, 2.05) is 19.1 Å². The molecule has 1 aromatic heterocycles. The Morgan fingerprint density at radius 3 is 2.77 bits per heavy atom. The first-order valence-electron chi connectivity index (χ1n) is 7.33. The van der Waals surface area contributed by atoms with Crippen molar-refractivity contribution in [2.45, 2.75) is 19.5 Å². The molecule has 0 amide bonds. The van der Waals surface area contributed by atoms with E-state index in [2.05, 4.69) is 33.0 Å². The summed E-state index contributed by atoms with van der Waals surface area (Å²) in [5, 5.41) is 10.3. The largest absolute Gasteiger partial charge is 0.299 e. The lowest BCUT2D eigenvalue weighted by Gasteiger charge is -2.24. The zero-order valence-corrected chi connectivity index (χ0v) is 13.5. The quantitative estimate of drug-likeness (QED) is 0.881. The molecule has 0 saturated carbocycles. The van der Waals surface area contributed by atoms with Crippen molar-refractivity contribution in [3.05, 3.63) is 45.7 Å². The van der Waals surface area contributed by atoms with Crippen LogP contribution in [0.5, 0.6) is 0 Å². The third-order valence-corrected chi connectivity index (χ3v) is 4.67. The van der Waals surface area contributed by atoms with Crippen LogP contribution in [0.25, 0.3) is 0 Å². The van der Waals surface area contributed by atoms with Crippen LogP contribution in [0.2, 0.25) is 0 Å². The molecule has 2 atom stereocenters. The van der Waals surface area contributed by atoms with Gasteiger partial charge in [0.15, 0.2) is 0 Å². The zero-order valence-electron chi connectivity index (χ0n) is 12.7. The maximum atomic E-state index is 13.1. The molecular weight excluding hydrogens is 301 g/mol. The van der Waals surface area contributed by atoms with Gasteiger partial charge in [-0.1, -0.05) is 12.1 Å². The smallest absolute Gasteiger partial charge is 0.131 e. The first-order valence-corrected chi connectivity index (χ1v) is 8.15. The van der Waals surface area contributed by atoms with Crippen LogP contribution in [-0.4, -0.2) is 35.2 Å². The highest BCUT2D eigenvalue weighted by molar-refractivity contribution is 7.11. The van der Waals surface area contributed by atoms with Crippen molar-refractivity contribution in [2.75, 3.05) is 20.1 Å². The minimum Gasteiger partial charge on any atom is -0.299 e. The van der Waals surface area contributed by atoms with Crippen LogP contribution in [0.4, 0.5) is 4.39 Å². The van der Waals surface area contributed by atoms with E-state index in [4.69, 9.17) is 0 Å². The molecule has 2 heterocycles. The Hall–Kier alpha value is -1.41. The Balaban J connectivity index is 1.62. The Bertz CT molecular complexity index is 615. The Labute approximate surface area is 133 Å². The molecule has 0 radical (unpaired) electrons. The van der Waals surface area contributed by atoms with E-state index in [1.165, 1.54) is 12.1 Å². The van der Waals surface area contributed by atoms with Crippen molar-refractivity contribution in [3.63, 3.8) is 0 Å². The molecule has 1 fully saturated rings. The van der Waals surface area contributed by atoms with Gasteiger partial charge < -0.3 is 0 Å². The van der Waals surface area contributed by atoms with Crippen LogP contribution in [0.3, 0.4) is 0 Å². The molecule has 2 unspecified atom stereocenters. The Kier molecular flexibility index (Phi) is 4.77. The van der Waals surface area contributed by atoms with Gasteiger partial charge in [0.25, 0.3) is 0 Å². The average molecular weight is 321 g/mol. The number of hydrogen-bond acceptors (Lipinski definition) is 6. The summed E-state index contributed by atoms with van der Waals surface area (Å²) in [7, 11) is 2.09. The molecule has 0 spiro atoms. The second-order valence-electron chi connectivity index (χ2n) is 5.73. The fourth-order valence-corrected chi connectivity index (χ4v) is 3.62. The van der Waals surface area contributed by atoms with Gasteiger partial charge in [0, 0.05) is 19.0 Å². The van der Waals surface area contributed by atoms with Gasteiger partial charge >= 0.3 is 0 Å². The van der Waals surface area contributed by atoms with Gasteiger partial charge in [0.05, 0.1) is 12.6 Å². The van der Waals surface area contributed by atoms with Crippen molar-refractivity contribution >= 4 is 11.3 Å². The van der Waals surface area contributed by atoms with E-state index in [-0.39, 0.29) is 11.9 Å². The fourth-order valence-electron chi connectivity index (χ4n) is 2.83. The van der Waals surface area contributed by atoms with E-state index in [9.17, 15) is 4.39 Å². The van der Waals surface area contributed by atoms with Crippen LogP contribution in [0, 0.1) is 18.7 Å². The molecule has 3 rings (SSSR count). The zero-order chi connectivity index (χ0) is 15.5. The van der Waals surface area contributed by atoms with E-state index in [1.54, 1.807) is 11.3 Å². The monoisotopic (exact) mass is 321 g/mol. The van der Waals surface area contributed by atoms with E-state index in [0.717, 1.165) is 35.2 Å².